The van der Waals surface area contributed by atoms with Gasteiger partial charge in [0.1, 0.15) is 0 Å². The normalized spacial score (nSPS) is 22.2. The van der Waals surface area contributed by atoms with Crippen LogP contribution in [0.2, 0.25) is 0 Å². The first kappa shape index (κ1) is 10.3. The summed E-state index contributed by atoms with van der Waals surface area (Å²) in [4.78, 5) is 0. The molecule has 0 aromatic carbocycles. The zero-order valence-corrected chi connectivity index (χ0v) is 9.01. The van der Waals surface area contributed by atoms with Gasteiger partial charge >= 0.3 is 0 Å². The smallest absolute Gasteiger partial charge is 0.00754 e. The Morgan fingerprint density at radius 1 is 1.23 bits per heavy atom. The molecule has 0 radical (unpaired) electrons. The van der Waals surface area contributed by atoms with E-state index in [0.29, 0.717) is 5.92 Å². The lowest BCUT2D eigenvalue weighted by Crippen LogP contribution is -1.83. The van der Waals surface area contributed by atoms with Gasteiger partial charge in [0.15, 0.2) is 0 Å². The molecule has 1 aliphatic rings. The monoisotopic (exact) mass is 176 g/mol. The van der Waals surface area contributed by atoms with Crippen molar-refractivity contribution in [1.82, 2.24) is 0 Å². The minimum atomic E-state index is 0.592. The molecule has 0 heterocycles. The van der Waals surface area contributed by atoms with Crippen LogP contribution in [0.3, 0.4) is 0 Å². The third-order valence-corrected chi connectivity index (χ3v) is 2.56. The van der Waals surface area contributed by atoms with Gasteiger partial charge in [-0.3, -0.25) is 0 Å². The number of rotatable bonds is 3. The van der Waals surface area contributed by atoms with Crippen LogP contribution in [0.5, 0.6) is 0 Å². The van der Waals surface area contributed by atoms with E-state index < -0.39 is 0 Å². The lowest BCUT2D eigenvalue weighted by atomic mass is 10.0. The van der Waals surface area contributed by atoms with Crippen molar-refractivity contribution in [3.63, 3.8) is 0 Å². The van der Waals surface area contributed by atoms with E-state index >= 15 is 0 Å². The second kappa shape index (κ2) is 5.06. The average Bonchev–Trinajstić information content (AvgIpc) is 2.28. The molecule has 0 nitrogen and oxygen atoms in total. The fraction of sp³-hybridized carbons (Fsp3) is 0.538. The molecule has 0 aromatic rings. The van der Waals surface area contributed by atoms with E-state index in [1.807, 2.05) is 0 Å². The van der Waals surface area contributed by atoms with Crippen LogP contribution >= 0.6 is 0 Å². The highest BCUT2D eigenvalue weighted by Gasteiger charge is 2.01. The van der Waals surface area contributed by atoms with Crippen LogP contribution in [-0.2, 0) is 0 Å². The predicted molar refractivity (Wildman–Crippen MR) is 59.7 cm³/mol. The molecule has 0 aliphatic heterocycles. The van der Waals surface area contributed by atoms with Gasteiger partial charge in [0.2, 0.25) is 0 Å². The Kier molecular flexibility index (Phi) is 4.01. The second-order valence-electron chi connectivity index (χ2n) is 3.89. The molecule has 72 valence electrons. The molecular weight excluding hydrogens is 156 g/mol. The van der Waals surface area contributed by atoms with Crippen LogP contribution in [0, 0.1) is 5.92 Å². The topological polar surface area (TPSA) is 0 Å². The quantitative estimate of drug-likeness (QED) is 0.603. The minimum Gasteiger partial charge on any atom is -0.0776 e. The van der Waals surface area contributed by atoms with Crippen molar-refractivity contribution in [2.75, 3.05) is 0 Å². The number of hydrogen-bond acceptors (Lipinski definition) is 0. The van der Waals surface area contributed by atoms with Crippen molar-refractivity contribution < 1.29 is 0 Å². The number of allylic oxidation sites excluding steroid dienone is 6. The summed E-state index contributed by atoms with van der Waals surface area (Å²) in [5.74, 6) is 0.592. The molecule has 1 atom stereocenters. The Labute approximate surface area is 82.0 Å². The highest BCUT2D eigenvalue weighted by Crippen LogP contribution is 2.19. The SMILES string of the molecule is CCCCC1=C(C)C=CC(C)C=C1. The molecule has 1 aliphatic carbocycles. The third kappa shape index (κ3) is 3.22. The summed E-state index contributed by atoms with van der Waals surface area (Å²) < 4.78 is 0. The van der Waals surface area contributed by atoms with E-state index in [2.05, 4.69) is 45.1 Å². The van der Waals surface area contributed by atoms with Crippen LogP contribution in [-0.4, -0.2) is 0 Å². The molecule has 0 saturated heterocycles. The maximum absolute atomic E-state index is 2.30. The van der Waals surface area contributed by atoms with Crippen molar-refractivity contribution in [3.05, 3.63) is 35.5 Å². The Morgan fingerprint density at radius 2 is 1.92 bits per heavy atom. The number of hydrogen-bond donors (Lipinski definition) is 0. The summed E-state index contributed by atoms with van der Waals surface area (Å²) in [6.07, 6.45) is 12.9. The highest BCUT2D eigenvalue weighted by molar-refractivity contribution is 5.35. The van der Waals surface area contributed by atoms with Crippen molar-refractivity contribution in [2.24, 2.45) is 5.92 Å². The van der Waals surface area contributed by atoms with E-state index in [1.165, 1.54) is 30.4 Å². The zero-order valence-electron chi connectivity index (χ0n) is 9.01. The maximum atomic E-state index is 2.30. The fourth-order valence-corrected chi connectivity index (χ4v) is 1.51. The summed E-state index contributed by atoms with van der Waals surface area (Å²) in [5.41, 5.74) is 2.96. The molecule has 0 spiro atoms. The molecule has 0 amide bonds. The largest absolute Gasteiger partial charge is 0.0776 e. The Balaban J connectivity index is 2.69. The van der Waals surface area contributed by atoms with Gasteiger partial charge in [0.05, 0.1) is 0 Å². The third-order valence-electron chi connectivity index (χ3n) is 2.56. The van der Waals surface area contributed by atoms with Crippen molar-refractivity contribution in [1.29, 1.82) is 0 Å². The van der Waals surface area contributed by atoms with Gasteiger partial charge in [-0.15, -0.1) is 0 Å². The lowest BCUT2D eigenvalue weighted by molar-refractivity contribution is 0.793. The van der Waals surface area contributed by atoms with E-state index in [0.717, 1.165) is 0 Å². The zero-order chi connectivity index (χ0) is 9.68. The Hall–Kier alpha value is -0.780. The fourth-order valence-electron chi connectivity index (χ4n) is 1.51. The molecule has 13 heavy (non-hydrogen) atoms. The van der Waals surface area contributed by atoms with Crippen LogP contribution in [0.4, 0.5) is 0 Å². The van der Waals surface area contributed by atoms with Gasteiger partial charge in [0, 0.05) is 0 Å². The number of unbranched alkanes of at least 4 members (excludes halogenated alkanes) is 1. The minimum absolute atomic E-state index is 0.592. The van der Waals surface area contributed by atoms with Gasteiger partial charge < -0.3 is 0 Å². The van der Waals surface area contributed by atoms with E-state index in [9.17, 15) is 0 Å². The Bertz CT molecular complexity index is 241. The molecule has 0 saturated carbocycles. The molecule has 1 rings (SSSR count). The summed E-state index contributed by atoms with van der Waals surface area (Å²) in [6.45, 7) is 6.68. The molecule has 0 heteroatoms. The highest BCUT2D eigenvalue weighted by atomic mass is 14.1. The van der Waals surface area contributed by atoms with E-state index in [1.54, 1.807) is 0 Å². The molecule has 0 bridgehead atoms. The first-order valence-corrected chi connectivity index (χ1v) is 5.30. The van der Waals surface area contributed by atoms with Gasteiger partial charge in [-0.05, 0) is 36.8 Å². The van der Waals surface area contributed by atoms with Gasteiger partial charge in [-0.25, -0.2) is 0 Å². The van der Waals surface area contributed by atoms with Gasteiger partial charge in [0.25, 0.3) is 0 Å². The van der Waals surface area contributed by atoms with Crippen molar-refractivity contribution >= 4 is 0 Å². The lowest BCUT2D eigenvalue weighted by Gasteiger charge is -2.02. The van der Waals surface area contributed by atoms with E-state index in [4.69, 9.17) is 0 Å². The molecule has 0 aromatic heterocycles. The van der Waals surface area contributed by atoms with Gasteiger partial charge in [-0.2, -0.15) is 0 Å². The molecule has 1 unspecified atom stereocenters. The van der Waals surface area contributed by atoms with Gasteiger partial charge in [-0.1, -0.05) is 44.6 Å². The standard InChI is InChI=1S/C13H20/c1-4-5-6-13-10-8-11(2)7-9-12(13)3/h7-11H,4-6H2,1-3H3. The van der Waals surface area contributed by atoms with Crippen LogP contribution < -0.4 is 0 Å². The summed E-state index contributed by atoms with van der Waals surface area (Å²) in [5, 5.41) is 0. The summed E-state index contributed by atoms with van der Waals surface area (Å²) in [6, 6.07) is 0. The van der Waals surface area contributed by atoms with Crippen LogP contribution in [0.25, 0.3) is 0 Å². The predicted octanol–water partition coefficient (Wildman–Crippen LogP) is 4.26. The van der Waals surface area contributed by atoms with Crippen LogP contribution in [0.15, 0.2) is 35.5 Å². The maximum Gasteiger partial charge on any atom is -0.00754 e. The van der Waals surface area contributed by atoms with Crippen molar-refractivity contribution in [3.8, 4) is 0 Å². The first-order valence-electron chi connectivity index (χ1n) is 5.30. The average molecular weight is 176 g/mol. The Morgan fingerprint density at radius 3 is 2.62 bits per heavy atom. The first-order chi connectivity index (χ1) is 6.24. The van der Waals surface area contributed by atoms with E-state index in [-0.39, 0.29) is 0 Å². The van der Waals surface area contributed by atoms with Crippen molar-refractivity contribution in [2.45, 2.75) is 40.0 Å². The molecular formula is C13H20. The molecule has 0 fully saturated rings. The summed E-state index contributed by atoms with van der Waals surface area (Å²) in [7, 11) is 0. The molecule has 0 N–H and O–H groups in total. The second-order valence-corrected chi connectivity index (χ2v) is 3.89. The van der Waals surface area contributed by atoms with Crippen LogP contribution in [0.1, 0.15) is 40.0 Å². The summed E-state index contributed by atoms with van der Waals surface area (Å²) >= 11 is 0.